The van der Waals surface area contributed by atoms with Crippen molar-refractivity contribution in [2.45, 2.75) is 52.6 Å². The van der Waals surface area contributed by atoms with Crippen molar-refractivity contribution in [1.82, 2.24) is 0 Å². The van der Waals surface area contributed by atoms with Crippen LogP contribution in [0.25, 0.3) is 0 Å². The Bertz CT molecular complexity index is 701. The molecule has 1 N–H and O–H groups in total. The number of hydrogen-bond donors (Lipinski definition) is 1. The summed E-state index contributed by atoms with van der Waals surface area (Å²) in [5.74, 6) is 0.621. The first-order chi connectivity index (χ1) is 11.3. The van der Waals surface area contributed by atoms with Crippen LogP contribution in [0.2, 0.25) is 0 Å². The summed E-state index contributed by atoms with van der Waals surface area (Å²) < 4.78 is 5.97. The Balaban J connectivity index is 2.13. The lowest BCUT2D eigenvalue weighted by atomic mass is 9.86. The molecule has 3 nitrogen and oxygen atoms in total. The Morgan fingerprint density at radius 3 is 2.38 bits per heavy atom. The van der Waals surface area contributed by atoms with E-state index in [0.717, 1.165) is 29.0 Å². The molecule has 0 aliphatic carbocycles. The molecule has 24 heavy (non-hydrogen) atoms. The largest absolute Gasteiger partial charge is 0.481 e. The summed E-state index contributed by atoms with van der Waals surface area (Å²) in [6, 6.07) is 15.7. The van der Waals surface area contributed by atoms with Gasteiger partial charge in [-0.05, 0) is 42.0 Å². The lowest BCUT2D eigenvalue weighted by Gasteiger charge is -2.24. The molecule has 0 fully saturated rings. The second kappa shape index (κ2) is 7.52. The Kier molecular flexibility index (Phi) is 5.66. The Morgan fingerprint density at radius 1 is 1.08 bits per heavy atom. The molecule has 0 saturated heterocycles. The zero-order chi connectivity index (χ0) is 17.7. The highest BCUT2D eigenvalue weighted by Crippen LogP contribution is 2.31. The first-order valence-electron chi connectivity index (χ1n) is 8.48. The van der Waals surface area contributed by atoms with E-state index in [4.69, 9.17) is 4.74 Å². The highest BCUT2D eigenvalue weighted by Gasteiger charge is 2.22. The number of anilines is 1. The SMILES string of the molecule is CCc1ccccc1NC(=O)C(C)Oc1ccccc1C(C)(C)C. The molecule has 2 aromatic carbocycles. The van der Waals surface area contributed by atoms with Crippen LogP contribution in [0.1, 0.15) is 45.7 Å². The molecule has 2 rings (SSSR count). The maximum atomic E-state index is 12.5. The van der Waals surface area contributed by atoms with Crippen LogP contribution in [-0.4, -0.2) is 12.0 Å². The van der Waals surface area contributed by atoms with Crippen molar-refractivity contribution in [3.8, 4) is 5.75 Å². The second-order valence-electron chi connectivity index (χ2n) is 7.01. The average molecular weight is 325 g/mol. The van der Waals surface area contributed by atoms with E-state index < -0.39 is 6.10 Å². The molecule has 3 heteroatoms. The monoisotopic (exact) mass is 325 g/mol. The van der Waals surface area contributed by atoms with Gasteiger partial charge in [-0.3, -0.25) is 4.79 Å². The molecule has 2 aromatic rings. The molecule has 0 spiro atoms. The number of carbonyl (C=O) groups is 1. The lowest BCUT2D eigenvalue weighted by Crippen LogP contribution is -2.31. The molecule has 0 aromatic heterocycles. The number of nitrogens with one attached hydrogen (secondary N) is 1. The molecule has 1 unspecified atom stereocenters. The number of amides is 1. The van der Waals surface area contributed by atoms with E-state index in [0.29, 0.717) is 0 Å². The van der Waals surface area contributed by atoms with Crippen LogP contribution in [0.3, 0.4) is 0 Å². The molecule has 0 heterocycles. The van der Waals surface area contributed by atoms with Gasteiger partial charge in [0.05, 0.1) is 0 Å². The van der Waals surface area contributed by atoms with Crippen LogP contribution in [0, 0.1) is 0 Å². The molecule has 0 saturated carbocycles. The van der Waals surface area contributed by atoms with E-state index >= 15 is 0 Å². The summed E-state index contributed by atoms with van der Waals surface area (Å²) in [7, 11) is 0. The molecule has 0 bridgehead atoms. The third kappa shape index (κ3) is 4.38. The van der Waals surface area contributed by atoms with Crippen LogP contribution < -0.4 is 10.1 Å². The lowest BCUT2D eigenvalue weighted by molar-refractivity contribution is -0.122. The van der Waals surface area contributed by atoms with Crippen LogP contribution in [0.15, 0.2) is 48.5 Å². The maximum absolute atomic E-state index is 12.5. The van der Waals surface area contributed by atoms with Crippen molar-refractivity contribution in [1.29, 1.82) is 0 Å². The minimum atomic E-state index is -0.571. The number of aryl methyl sites for hydroxylation is 1. The fourth-order valence-electron chi connectivity index (χ4n) is 2.62. The summed E-state index contributed by atoms with van der Waals surface area (Å²) >= 11 is 0. The highest BCUT2D eigenvalue weighted by molar-refractivity contribution is 5.94. The Morgan fingerprint density at radius 2 is 1.71 bits per heavy atom. The molecular formula is C21H27NO2. The quantitative estimate of drug-likeness (QED) is 0.844. The van der Waals surface area contributed by atoms with Gasteiger partial charge in [0.2, 0.25) is 0 Å². The van der Waals surface area contributed by atoms with Gasteiger partial charge < -0.3 is 10.1 Å². The number of para-hydroxylation sites is 2. The number of benzene rings is 2. The van der Waals surface area contributed by atoms with Crippen molar-refractivity contribution in [2.75, 3.05) is 5.32 Å². The molecule has 1 atom stereocenters. The smallest absolute Gasteiger partial charge is 0.265 e. The van der Waals surface area contributed by atoms with Crippen molar-refractivity contribution in [3.63, 3.8) is 0 Å². The Labute approximate surface area is 145 Å². The second-order valence-corrected chi connectivity index (χ2v) is 7.01. The topological polar surface area (TPSA) is 38.3 Å². The number of carbonyl (C=O) groups excluding carboxylic acids is 1. The van der Waals surface area contributed by atoms with E-state index in [-0.39, 0.29) is 11.3 Å². The molecule has 0 aliphatic rings. The van der Waals surface area contributed by atoms with Gasteiger partial charge in [0.15, 0.2) is 6.10 Å². The van der Waals surface area contributed by atoms with Gasteiger partial charge in [-0.1, -0.05) is 64.1 Å². The van der Waals surface area contributed by atoms with Gasteiger partial charge in [0.25, 0.3) is 5.91 Å². The molecule has 1 amide bonds. The zero-order valence-corrected chi connectivity index (χ0v) is 15.2. The third-order valence-electron chi connectivity index (χ3n) is 4.02. The molecule has 0 aliphatic heterocycles. The minimum Gasteiger partial charge on any atom is -0.481 e. The van der Waals surface area contributed by atoms with E-state index in [1.54, 1.807) is 6.92 Å². The zero-order valence-electron chi connectivity index (χ0n) is 15.2. The third-order valence-corrected chi connectivity index (χ3v) is 4.02. The van der Waals surface area contributed by atoms with Crippen molar-refractivity contribution < 1.29 is 9.53 Å². The summed E-state index contributed by atoms with van der Waals surface area (Å²) in [4.78, 5) is 12.5. The number of hydrogen-bond acceptors (Lipinski definition) is 2. The van der Waals surface area contributed by atoms with Gasteiger partial charge in [0, 0.05) is 5.69 Å². The Hall–Kier alpha value is -2.29. The number of rotatable bonds is 5. The molecule has 128 valence electrons. The predicted molar refractivity (Wildman–Crippen MR) is 99.7 cm³/mol. The highest BCUT2D eigenvalue weighted by atomic mass is 16.5. The van der Waals surface area contributed by atoms with Crippen LogP contribution in [0.4, 0.5) is 5.69 Å². The van der Waals surface area contributed by atoms with Crippen molar-refractivity contribution >= 4 is 11.6 Å². The minimum absolute atomic E-state index is 0.0401. The van der Waals surface area contributed by atoms with E-state index in [1.807, 2.05) is 48.5 Å². The van der Waals surface area contributed by atoms with Crippen LogP contribution in [-0.2, 0) is 16.6 Å². The first kappa shape index (κ1) is 18.1. The molecule has 0 radical (unpaired) electrons. The van der Waals surface area contributed by atoms with E-state index in [1.165, 1.54) is 0 Å². The standard InChI is InChI=1S/C21H27NO2/c1-6-16-11-7-9-13-18(16)22-20(23)15(2)24-19-14-10-8-12-17(19)21(3,4)5/h7-15H,6H2,1-5H3,(H,22,23). The predicted octanol–water partition coefficient (Wildman–Crippen LogP) is 4.95. The maximum Gasteiger partial charge on any atom is 0.265 e. The van der Waals surface area contributed by atoms with E-state index in [2.05, 4.69) is 33.0 Å². The van der Waals surface area contributed by atoms with Crippen molar-refractivity contribution in [2.24, 2.45) is 0 Å². The van der Waals surface area contributed by atoms with Crippen LogP contribution in [0.5, 0.6) is 5.75 Å². The van der Waals surface area contributed by atoms with Gasteiger partial charge in [-0.25, -0.2) is 0 Å². The van der Waals surface area contributed by atoms with E-state index in [9.17, 15) is 4.79 Å². The fraction of sp³-hybridized carbons (Fsp3) is 0.381. The fourth-order valence-corrected chi connectivity index (χ4v) is 2.62. The first-order valence-corrected chi connectivity index (χ1v) is 8.48. The summed E-state index contributed by atoms with van der Waals surface area (Å²) in [6.07, 6.45) is 0.303. The average Bonchev–Trinajstić information content (AvgIpc) is 2.54. The van der Waals surface area contributed by atoms with Crippen LogP contribution >= 0.6 is 0 Å². The normalized spacial score (nSPS) is 12.5. The summed E-state index contributed by atoms with van der Waals surface area (Å²) in [5.41, 5.74) is 3.03. The summed E-state index contributed by atoms with van der Waals surface area (Å²) in [6.45, 7) is 10.3. The number of ether oxygens (including phenoxy) is 1. The molecular weight excluding hydrogens is 298 g/mol. The van der Waals surface area contributed by atoms with Gasteiger partial charge in [-0.15, -0.1) is 0 Å². The van der Waals surface area contributed by atoms with Gasteiger partial charge >= 0.3 is 0 Å². The summed E-state index contributed by atoms with van der Waals surface area (Å²) in [5, 5.41) is 2.98. The van der Waals surface area contributed by atoms with Gasteiger partial charge in [-0.2, -0.15) is 0 Å². The van der Waals surface area contributed by atoms with Gasteiger partial charge in [0.1, 0.15) is 5.75 Å². The van der Waals surface area contributed by atoms with Crippen molar-refractivity contribution in [3.05, 3.63) is 59.7 Å².